The molecule has 1 heterocycles. The number of nitro benzene ring substituents is 1. The minimum atomic E-state index is -1.30. The van der Waals surface area contributed by atoms with Crippen molar-refractivity contribution in [2.24, 2.45) is 11.8 Å². The summed E-state index contributed by atoms with van der Waals surface area (Å²) < 4.78 is 5.12. The molecule has 0 radical (unpaired) electrons. The molecular weight excluding hydrogens is 364 g/mol. The van der Waals surface area contributed by atoms with Gasteiger partial charge in [0.05, 0.1) is 23.4 Å². The highest BCUT2D eigenvalue weighted by atomic mass is 16.6. The van der Waals surface area contributed by atoms with Crippen molar-refractivity contribution in [2.75, 3.05) is 11.9 Å². The Morgan fingerprint density at radius 3 is 2.46 bits per heavy atom. The Morgan fingerprint density at radius 2 is 1.82 bits per heavy atom. The molecular formula is C20H16N2O6. The molecule has 1 N–H and O–H groups in total. The Kier molecular flexibility index (Phi) is 3.99. The number of hydrogen-bond donors (Lipinski definition) is 1. The predicted molar refractivity (Wildman–Crippen MR) is 97.8 cm³/mol. The number of benzene rings is 2. The van der Waals surface area contributed by atoms with Crippen molar-refractivity contribution < 1.29 is 24.0 Å². The Labute approximate surface area is 159 Å². The first-order chi connectivity index (χ1) is 13.4. The van der Waals surface area contributed by atoms with Gasteiger partial charge < -0.3 is 10.1 Å². The normalized spacial score (nSPS) is 24.4. The van der Waals surface area contributed by atoms with Crippen LogP contribution in [0.3, 0.4) is 0 Å². The van der Waals surface area contributed by atoms with Gasteiger partial charge in [-0.25, -0.2) is 0 Å². The van der Waals surface area contributed by atoms with Crippen LogP contribution in [0.1, 0.15) is 22.8 Å². The molecule has 0 unspecified atom stereocenters. The lowest BCUT2D eigenvalue weighted by molar-refractivity contribution is -0.384. The van der Waals surface area contributed by atoms with E-state index in [1.165, 1.54) is 24.3 Å². The third-order valence-corrected chi connectivity index (χ3v) is 5.39. The smallest absolute Gasteiger partial charge is 0.311 e. The summed E-state index contributed by atoms with van der Waals surface area (Å²) in [6.45, 7) is 1.79. The first-order valence-electron chi connectivity index (χ1n) is 8.79. The second kappa shape index (κ2) is 6.26. The topological polar surface area (TPSA) is 116 Å². The fourth-order valence-corrected chi connectivity index (χ4v) is 4.15. The summed E-state index contributed by atoms with van der Waals surface area (Å²) in [6, 6.07) is 12.1. The van der Waals surface area contributed by atoms with E-state index in [1.807, 2.05) is 0 Å². The van der Waals surface area contributed by atoms with Crippen LogP contribution in [-0.4, -0.2) is 29.2 Å². The van der Waals surface area contributed by atoms with Gasteiger partial charge in [0, 0.05) is 23.4 Å². The van der Waals surface area contributed by atoms with Crippen LogP contribution in [0, 0.1) is 22.0 Å². The van der Waals surface area contributed by atoms with E-state index in [1.54, 1.807) is 31.2 Å². The zero-order valence-electron chi connectivity index (χ0n) is 14.9. The zero-order chi connectivity index (χ0) is 20.1. The van der Waals surface area contributed by atoms with E-state index >= 15 is 0 Å². The van der Waals surface area contributed by atoms with Crippen LogP contribution in [0.25, 0.3) is 0 Å². The molecule has 3 atom stereocenters. The highest BCUT2D eigenvalue weighted by Gasteiger charge is 2.79. The van der Waals surface area contributed by atoms with E-state index in [0.717, 1.165) is 0 Å². The van der Waals surface area contributed by atoms with Gasteiger partial charge in [0.25, 0.3) is 5.69 Å². The lowest BCUT2D eigenvalue weighted by Crippen LogP contribution is -2.26. The quantitative estimate of drug-likeness (QED) is 0.369. The van der Waals surface area contributed by atoms with Crippen LogP contribution in [0.4, 0.5) is 11.4 Å². The summed E-state index contributed by atoms with van der Waals surface area (Å²) in [5.41, 5.74) is -0.0761. The Balaban J connectivity index is 1.76. The molecule has 1 aliphatic carbocycles. The van der Waals surface area contributed by atoms with Gasteiger partial charge >= 0.3 is 5.97 Å². The molecule has 0 bridgehead atoms. The molecule has 0 saturated heterocycles. The van der Waals surface area contributed by atoms with Crippen molar-refractivity contribution in [3.8, 4) is 0 Å². The van der Waals surface area contributed by atoms with Gasteiger partial charge in [-0.3, -0.25) is 24.5 Å². The lowest BCUT2D eigenvalue weighted by Gasteiger charge is -2.08. The molecule has 2 aromatic rings. The number of para-hydroxylation sites is 1. The number of fused-ring (bicyclic) bond motifs is 2. The van der Waals surface area contributed by atoms with Crippen LogP contribution in [0.15, 0.2) is 48.5 Å². The maximum Gasteiger partial charge on any atom is 0.311 e. The zero-order valence-corrected chi connectivity index (χ0v) is 14.9. The van der Waals surface area contributed by atoms with Crippen molar-refractivity contribution >= 4 is 29.0 Å². The van der Waals surface area contributed by atoms with Gasteiger partial charge in [-0.1, -0.05) is 18.2 Å². The predicted octanol–water partition coefficient (Wildman–Crippen LogP) is 2.48. The number of amides is 1. The van der Waals surface area contributed by atoms with Crippen molar-refractivity contribution in [1.82, 2.24) is 0 Å². The molecule has 1 spiro atoms. The number of nitrogens with one attached hydrogen (secondary N) is 1. The number of carbonyl (C=O) groups excluding carboxylic acids is 3. The average molecular weight is 380 g/mol. The fourth-order valence-electron chi connectivity index (χ4n) is 4.15. The fraction of sp³-hybridized carbons (Fsp3) is 0.250. The minimum absolute atomic E-state index is 0.132. The molecule has 2 aliphatic rings. The number of carbonyl (C=O) groups is 3. The third kappa shape index (κ3) is 2.34. The second-order valence-corrected chi connectivity index (χ2v) is 6.74. The van der Waals surface area contributed by atoms with Crippen LogP contribution < -0.4 is 5.32 Å². The largest absolute Gasteiger partial charge is 0.466 e. The SMILES string of the molecule is CCOC(=O)[C@H]1[C@H](C(=O)c2ccc([N+](=O)[O-])cc2)[C@]12C(=O)Nc1ccccc12. The first kappa shape index (κ1) is 17.8. The van der Waals surface area contributed by atoms with E-state index in [-0.39, 0.29) is 17.9 Å². The number of nitrogens with zero attached hydrogens (tertiary/aromatic N) is 1. The molecule has 1 amide bonds. The molecule has 8 heteroatoms. The molecule has 28 heavy (non-hydrogen) atoms. The number of rotatable bonds is 5. The summed E-state index contributed by atoms with van der Waals surface area (Å²) in [6.07, 6.45) is 0. The van der Waals surface area contributed by atoms with Gasteiger partial charge in [-0.05, 0) is 30.7 Å². The third-order valence-electron chi connectivity index (χ3n) is 5.39. The van der Waals surface area contributed by atoms with Gasteiger partial charge in [0.1, 0.15) is 5.41 Å². The molecule has 1 aliphatic heterocycles. The van der Waals surface area contributed by atoms with E-state index in [0.29, 0.717) is 11.3 Å². The van der Waals surface area contributed by atoms with Crippen molar-refractivity contribution in [3.63, 3.8) is 0 Å². The number of non-ortho nitro benzene ring substituents is 1. The number of ether oxygens (including phenoxy) is 1. The Hall–Kier alpha value is -3.55. The maximum absolute atomic E-state index is 13.2. The first-order valence-corrected chi connectivity index (χ1v) is 8.79. The molecule has 1 saturated carbocycles. The molecule has 142 valence electrons. The van der Waals surface area contributed by atoms with Gasteiger partial charge in [-0.2, -0.15) is 0 Å². The summed E-state index contributed by atoms with van der Waals surface area (Å²) in [5.74, 6) is -3.28. The number of Topliss-reactive ketones (excluding diaryl/α,β-unsaturated/α-hetero) is 1. The number of esters is 1. The summed E-state index contributed by atoms with van der Waals surface area (Å²) in [4.78, 5) is 48.9. The summed E-state index contributed by atoms with van der Waals surface area (Å²) in [5, 5.41) is 13.6. The molecule has 4 rings (SSSR count). The molecule has 0 aromatic heterocycles. The van der Waals surface area contributed by atoms with Crippen LogP contribution in [0.2, 0.25) is 0 Å². The number of anilines is 1. The van der Waals surface area contributed by atoms with Crippen molar-refractivity contribution in [2.45, 2.75) is 12.3 Å². The molecule has 8 nitrogen and oxygen atoms in total. The van der Waals surface area contributed by atoms with E-state index < -0.39 is 39.8 Å². The maximum atomic E-state index is 13.2. The van der Waals surface area contributed by atoms with Gasteiger partial charge in [0.15, 0.2) is 5.78 Å². The van der Waals surface area contributed by atoms with E-state index in [4.69, 9.17) is 4.74 Å². The second-order valence-electron chi connectivity index (χ2n) is 6.74. The highest BCUT2D eigenvalue weighted by Crippen LogP contribution is 2.65. The summed E-state index contributed by atoms with van der Waals surface area (Å²) in [7, 11) is 0. The Bertz CT molecular complexity index is 1020. The van der Waals surface area contributed by atoms with Crippen molar-refractivity contribution in [3.05, 3.63) is 69.8 Å². The monoisotopic (exact) mass is 380 g/mol. The van der Waals surface area contributed by atoms with Gasteiger partial charge in [-0.15, -0.1) is 0 Å². The number of nitro groups is 1. The van der Waals surface area contributed by atoms with Gasteiger partial charge in [0.2, 0.25) is 5.91 Å². The van der Waals surface area contributed by atoms with Crippen LogP contribution >= 0.6 is 0 Å². The average Bonchev–Trinajstić information content (AvgIpc) is 3.30. The highest BCUT2D eigenvalue weighted by molar-refractivity contribution is 6.20. The van der Waals surface area contributed by atoms with E-state index in [9.17, 15) is 24.5 Å². The number of ketones is 1. The van der Waals surface area contributed by atoms with Crippen LogP contribution in [-0.2, 0) is 19.7 Å². The lowest BCUT2D eigenvalue weighted by atomic mass is 9.91. The van der Waals surface area contributed by atoms with E-state index in [2.05, 4.69) is 5.32 Å². The standard InChI is InChI=1S/C20H16N2O6/c1-2-28-18(24)16-15(17(23)11-7-9-12(10-8-11)22(26)27)20(16)13-5-3-4-6-14(13)21-19(20)25/h3-10,15-16H,2H2,1H3,(H,21,25)/t15-,16-,20+/m1/s1. The molecule has 2 aromatic carbocycles. The molecule has 1 fully saturated rings. The Morgan fingerprint density at radius 1 is 1.14 bits per heavy atom. The van der Waals surface area contributed by atoms with Crippen molar-refractivity contribution in [1.29, 1.82) is 0 Å². The van der Waals surface area contributed by atoms with Crippen LogP contribution in [0.5, 0.6) is 0 Å². The number of hydrogen-bond acceptors (Lipinski definition) is 6. The summed E-state index contributed by atoms with van der Waals surface area (Å²) >= 11 is 0. The minimum Gasteiger partial charge on any atom is -0.466 e.